The van der Waals surface area contributed by atoms with Crippen molar-refractivity contribution in [2.45, 2.75) is 19.5 Å². The molecule has 0 aliphatic rings. The number of hydrogen-bond acceptors (Lipinski definition) is 4. The molecule has 6 heteroatoms. The molecule has 6 nitrogen and oxygen atoms in total. The molecular formula is C14H15N3O3. The van der Waals surface area contributed by atoms with E-state index < -0.39 is 11.9 Å². The molecule has 0 spiro atoms. The van der Waals surface area contributed by atoms with Crippen LogP contribution in [0, 0.1) is 0 Å². The summed E-state index contributed by atoms with van der Waals surface area (Å²) in [6.07, 6.45) is 4.74. The van der Waals surface area contributed by atoms with Crippen LogP contribution in [-0.2, 0) is 11.3 Å². The van der Waals surface area contributed by atoms with Crippen molar-refractivity contribution < 1.29 is 14.0 Å². The van der Waals surface area contributed by atoms with Gasteiger partial charge in [0, 0.05) is 18.9 Å². The molecule has 20 heavy (non-hydrogen) atoms. The monoisotopic (exact) mass is 273 g/mol. The standard InChI is InChI=1S/C14H15N3O3/c1-10(17-14(19)12-5-3-7-20-12)13(18)16-9-11-4-2-6-15-8-11/h2-8,10H,9H2,1H3,(H,16,18)(H,17,19)/t10-/m0/s1. The van der Waals surface area contributed by atoms with Crippen LogP contribution in [-0.4, -0.2) is 22.8 Å². The highest BCUT2D eigenvalue weighted by molar-refractivity contribution is 5.95. The first-order valence-corrected chi connectivity index (χ1v) is 6.18. The molecule has 2 heterocycles. The van der Waals surface area contributed by atoms with Gasteiger partial charge in [0.15, 0.2) is 5.76 Å². The van der Waals surface area contributed by atoms with Crippen molar-refractivity contribution in [1.29, 1.82) is 0 Å². The van der Waals surface area contributed by atoms with Crippen molar-refractivity contribution >= 4 is 11.8 Å². The fourth-order valence-electron chi connectivity index (χ4n) is 1.59. The number of furan rings is 1. The van der Waals surface area contributed by atoms with E-state index >= 15 is 0 Å². The zero-order valence-electron chi connectivity index (χ0n) is 11.0. The Kier molecular flexibility index (Phi) is 4.49. The van der Waals surface area contributed by atoms with E-state index in [0.717, 1.165) is 5.56 Å². The summed E-state index contributed by atoms with van der Waals surface area (Å²) in [7, 11) is 0. The minimum Gasteiger partial charge on any atom is -0.459 e. The highest BCUT2D eigenvalue weighted by atomic mass is 16.3. The minimum atomic E-state index is -0.649. The normalized spacial score (nSPS) is 11.7. The average molecular weight is 273 g/mol. The van der Waals surface area contributed by atoms with Gasteiger partial charge in [0.05, 0.1) is 6.26 Å². The van der Waals surface area contributed by atoms with Gasteiger partial charge in [0.1, 0.15) is 6.04 Å². The van der Waals surface area contributed by atoms with Gasteiger partial charge in [-0.05, 0) is 30.7 Å². The fraction of sp³-hybridized carbons (Fsp3) is 0.214. The number of aromatic nitrogens is 1. The van der Waals surface area contributed by atoms with Crippen LogP contribution in [0.15, 0.2) is 47.3 Å². The second kappa shape index (κ2) is 6.51. The van der Waals surface area contributed by atoms with Crippen molar-refractivity contribution in [3.63, 3.8) is 0 Å². The average Bonchev–Trinajstić information content (AvgIpc) is 3.00. The molecule has 2 rings (SSSR count). The molecule has 0 aromatic carbocycles. The lowest BCUT2D eigenvalue weighted by molar-refractivity contribution is -0.122. The van der Waals surface area contributed by atoms with Gasteiger partial charge in [-0.15, -0.1) is 0 Å². The molecule has 2 amide bonds. The van der Waals surface area contributed by atoms with E-state index in [0.29, 0.717) is 6.54 Å². The summed E-state index contributed by atoms with van der Waals surface area (Å²) < 4.78 is 4.95. The van der Waals surface area contributed by atoms with Crippen LogP contribution in [0.25, 0.3) is 0 Å². The first-order valence-electron chi connectivity index (χ1n) is 6.18. The Morgan fingerprint density at radius 2 is 2.20 bits per heavy atom. The van der Waals surface area contributed by atoms with Gasteiger partial charge in [-0.1, -0.05) is 6.07 Å². The van der Waals surface area contributed by atoms with Gasteiger partial charge in [0.2, 0.25) is 5.91 Å². The zero-order chi connectivity index (χ0) is 14.4. The summed E-state index contributed by atoms with van der Waals surface area (Å²) >= 11 is 0. The summed E-state index contributed by atoms with van der Waals surface area (Å²) in [6.45, 7) is 1.98. The van der Waals surface area contributed by atoms with Gasteiger partial charge in [0.25, 0.3) is 5.91 Å². The molecular weight excluding hydrogens is 258 g/mol. The summed E-state index contributed by atoms with van der Waals surface area (Å²) in [5, 5.41) is 5.28. The third-order valence-electron chi connectivity index (χ3n) is 2.68. The summed E-state index contributed by atoms with van der Waals surface area (Å²) in [5.74, 6) is -0.510. The smallest absolute Gasteiger partial charge is 0.287 e. The van der Waals surface area contributed by atoms with Crippen molar-refractivity contribution in [2.75, 3.05) is 0 Å². The number of nitrogens with zero attached hydrogens (tertiary/aromatic N) is 1. The number of rotatable bonds is 5. The molecule has 0 radical (unpaired) electrons. The van der Waals surface area contributed by atoms with Crippen molar-refractivity contribution in [3.05, 3.63) is 54.2 Å². The van der Waals surface area contributed by atoms with E-state index in [-0.39, 0.29) is 11.7 Å². The highest BCUT2D eigenvalue weighted by Gasteiger charge is 2.17. The van der Waals surface area contributed by atoms with Crippen LogP contribution >= 0.6 is 0 Å². The van der Waals surface area contributed by atoms with E-state index in [1.54, 1.807) is 31.5 Å². The predicted molar refractivity (Wildman–Crippen MR) is 71.7 cm³/mol. The van der Waals surface area contributed by atoms with Gasteiger partial charge >= 0.3 is 0 Å². The second-order valence-electron chi connectivity index (χ2n) is 4.25. The molecule has 2 N–H and O–H groups in total. The molecule has 0 saturated heterocycles. The Morgan fingerprint density at radius 3 is 2.85 bits per heavy atom. The summed E-state index contributed by atoms with van der Waals surface area (Å²) in [4.78, 5) is 27.5. The Hall–Kier alpha value is -2.63. The third-order valence-corrected chi connectivity index (χ3v) is 2.68. The van der Waals surface area contributed by atoms with E-state index in [1.165, 1.54) is 12.3 Å². The third kappa shape index (κ3) is 3.68. The number of carbonyl (C=O) groups excluding carboxylic acids is 2. The van der Waals surface area contributed by atoms with Crippen LogP contribution in [0.5, 0.6) is 0 Å². The Morgan fingerprint density at radius 1 is 1.35 bits per heavy atom. The molecule has 0 fully saturated rings. The van der Waals surface area contributed by atoms with Crippen molar-refractivity contribution in [2.24, 2.45) is 0 Å². The zero-order valence-corrected chi connectivity index (χ0v) is 11.0. The van der Waals surface area contributed by atoms with Gasteiger partial charge in [-0.2, -0.15) is 0 Å². The summed E-state index contributed by atoms with van der Waals surface area (Å²) in [5.41, 5.74) is 0.894. The largest absolute Gasteiger partial charge is 0.459 e. The predicted octanol–water partition coefficient (Wildman–Crippen LogP) is 1.11. The molecule has 0 saturated carbocycles. The van der Waals surface area contributed by atoms with Crippen molar-refractivity contribution in [1.82, 2.24) is 15.6 Å². The van der Waals surface area contributed by atoms with Crippen LogP contribution < -0.4 is 10.6 Å². The Labute approximate surface area is 116 Å². The highest BCUT2D eigenvalue weighted by Crippen LogP contribution is 2.00. The molecule has 104 valence electrons. The van der Waals surface area contributed by atoms with E-state index in [9.17, 15) is 9.59 Å². The number of hydrogen-bond donors (Lipinski definition) is 2. The molecule has 0 unspecified atom stereocenters. The Bertz CT molecular complexity index is 567. The minimum absolute atomic E-state index is 0.178. The van der Waals surface area contributed by atoms with Crippen molar-refractivity contribution in [3.8, 4) is 0 Å². The van der Waals surface area contributed by atoms with Crippen LogP contribution in [0.3, 0.4) is 0 Å². The first kappa shape index (κ1) is 13.8. The van der Waals surface area contributed by atoms with Crippen LogP contribution in [0.4, 0.5) is 0 Å². The number of pyridine rings is 1. The maximum absolute atomic E-state index is 11.8. The van der Waals surface area contributed by atoms with Gasteiger partial charge in [-0.3, -0.25) is 14.6 Å². The molecule has 0 bridgehead atoms. The molecule has 1 atom stereocenters. The maximum atomic E-state index is 11.8. The van der Waals surface area contributed by atoms with E-state index in [1.807, 2.05) is 6.07 Å². The fourth-order valence-corrected chi connectivity index (χ4v) is 1.59. The maximum Gasteiger partial charge on any atom is 0.287 e. The topological polar surface area (TPSA) is 84.2 Å². The Balaban J connectivity index is 1.82. The molecule has 0 aliphatic heterocycles. The molecule has 0 aliphatic carbocycles. The number of nitrogens with one attached hydrogen (secondary N) is 2. The van der Waals surface area contributed by atoms with Gasteiger partial charge in [-0.25, -0.2) is 0 Å². The lowest BCUT2D eigenvalue weighted by Crippen LogP contribution is -2.44. The van der Waals surface area contributed by atoms with E-state index in [4.69, 9.17) is 4.42 Å². The molecule has 2 aromatic heterocycles. The van der Waals surface area contributed by atoms with Crippen LogP contribution in [0.1, 0.15) is 23.0 Å². The van der Waals surface area contributed by atoms with Crippen LogP contribution in [0.2, 0.25) is 0 Å². The van der Waals surface area contributed by atoms with E-state index in [2.05, 4.69) is 15.6 Å². The summed E-state index contributed by atoms with van der Waals surface area (Å²) in [6, 6.07) is 6.16. The lowest BCUT2D eigenvalue weighted by atomic mass is 10.2. The SMILES string of the molecule is C[C@H](NC(=O)c1ccco1)C(=O)NCc1cccnc1. The molecule has 2 aromatic rings. The quantitative estimate of drug-likeness (QED) is 0.854. The number of amides is 2. The second-order valence-corrected chi connectivity index (χ2v) is 4.25. The van der Waals surface area contributed by atoms with Gasteiger partial charge < -0.3 is 15.1 Å². The first-order chi connectivity index (χ1) is 9.66. The lowest BCUT2D eigenvalue weighted by Gasteiger charge is -2.13. The number of carbonyl (C=O) groups is 2.